The first-order valence-electron chi connectivity index (χ1n) is 17.1. The number of carbonyl (C=O) groups excluding carboxylic acids is 1. The van der Waals surface area contributed by atoms with Crippen molar-refractivity contribution >= 4 is 21.6 Å². The molecule has 0 aromatic heterocycles. The van der Waals surface area contributed by atoms with E-state index in [9.17, 15) is 18.3 Å². The zero-order valence-corrected chi connectivity index (χ0v) is 29.2. The van der Waals surface area contributed by atoms with Crippen molar-refractivity contribution in [1.29, 1.82) is 0 Å². The second-order valence-electron chi connectivity index (χ2n) is 13.7. The lowest BCUT2D eigenvalue weighted by Crippen LogP contribution is -2.47. The van der Waals surface area contributed by atoms with Crippen LogP contribution < -0.4 is 9.46 Å². The molecule has 0 bridgehead atoms. The number of rotatable bonds is 9. The number of aliphatic hydroxyl groups excluding tert-OH is 1. The Hall–Kier alpha value is -2.66. The maximum absolute atomic E-state index is 14.4. The molecule has 0 radical (unpaired) electrons. The summed E-state index contributed by atoms with van der Waals surface area (Å²) in [5, 5.41) is 10.2. The molecule has 2 aromatic carbocycles. The van der Waals surface area contributed by atoms with Crippen LogP contribution in [0.25, 0.3) is 0 Å². The minimum Gasteiger partial charge on any atom is -0.490 e. The monoisotopic (exact) mass is 657 g/mol. The lowest BCUT2D eigenvalue weighted by Gasteiger charge is -2.36. The molecule has 2 N–H and O–H groups in total. The van der Waals surface area contributed by atoms with Gasteiger partial charge in [-0.05, 0) is 96.2 Å². The zero-order chi connectivity index (χ0) is 33.3. The topological polar surface area (TPSA) is 108 Å². The minimum atomic E-state index is -3.88. The first-order valence-corrected chi connectivity index (χ1v) is 18.6. The van der Waals surface area contributed by atoms with Gasteiger partial charge in [-0.25, -0.2) is 8.42 Å². The smallest absolute Gasteiger partial charge is 0.261 e. The Morgan fingerprint density at radius 1 is 1.00 bits per heavy atom. The highest BCUT2D eigenvalue weighted by Crippen LogP contribution is 2.30. The number of hydrogen-bond donors (Lipinski definition) is 2. The van der Waals surface area contributed by atoms with Crippen molar-refractivity contribution in [3.63, 3.8) is 0 Å². The second kappa shape index (κ2) is 16.9. The minimum absolute atomic E-state index is 0.0128. The summed E-state index contributed by atoms with van der Waals surface area (Å²) in [6.07, 6.45) is 8.89. The number of nitrogens with zero attached hydrogens (tertiary/aromatic N) is 2. The maximum Gasteiger partial charge on any atom is 0.261 e. The summed E-state index contributed by atoms with van der Waals surface area (Å²) in [7, 11) is -1.71. The number of nitrogens with one attached hydrogen (secondary N) is 1. The average Bonchev–Trinajstić information content (AvgIpc) is 3.03. The molecule has 10 heteroatoms. The molecular formula is C36H55N3O6S. The van der Waals surface area contributed by atoms with Crippen LogP contribution in [0, 0.1) is 18.8 Å². The predicted molar refractivity (Wildman–Crippen MR) is 183 cm³/mol. The van der Waals surface area contributed by atoms with Crippen molar-refractivity contribution in [2.75, 3.05) is 44.6 Å². The molecule has 256 valence electrons. The molecule has 1 aliphatic carbocycles. The van der Waals surface area contributed by atoms with Crippen molar-refractivity contribution in [3.05, 3.63) is 53.6 Å². The van der Waals surface area contributed by atoms with E-state index in [4.69, 9.17) is 9.47 Å². The van der Waals surface area contributed by atoms with Crippen molar-refractivity contribution in [2.24, 2.45) is 11.8 Å². The van der Waals surface area contributed by atoms with Crippen LogP contribution in [0.4, 0.5) is 5.69 Å². The SMILES string of the molecule is Cc1ccc(S(=O)(=O)Nc2ccc3c(c2)C(=O)N([C@@H](C)CO)C[C@H](C)[C@H](CN(C)CC2CCCCC2)OCCCC[C@H](C)O3)cc1. The van der Waals surface area contributed by atoms with Crippen LogP contribution in [0.2, 0.25) is 0 Å². The Labute approximate surface area is 276 Å². The number of hydrogen-bond acceptors (Lipinski definition) is 7. The number of fused-ring (bicyclic) bond motifs is 1. The molecule has 1 saturated carbocycles. The van der Waals surface area contributed by atoms with E-state index in [0.29, 0.717) is 18.9 Å². The molecule has 0 unspecified atom stereocenters. The first-order chi connectivity index (χ1) is 22.0. The van der Waals surface area contributed by atoms with E-state index in [2.05, 4.69) is 23.6 Å². The number of aryl methyl sites for hydroxylation is 1. The number of likely N-dealkylation sites (N-methyl/N-ethyl adjacent to an activating group) is 1. The van der Waals surface area contributed by atoms with Gasteiger partial charge in [0.2, 0.25) is 0 Å². The summed E-state index contributed by atoms with van der Waals surface area (Å²) in [5.74, 6) is 0.783. The summed E-state index contributed by atoms with van der Waals surface area (Å²) in [4.78, 5) is 18.6. The van der Waals surface area contributed by atoms with E-state index in [1.165, 1.54) is 32.1 Å². The molecule has 1 amide bonds. The first kappa shape index (κ1) is 36.2. The predicted octanol–water partition coefficient (Wildman–Crippen LogP) is 6.10. The molecule has 46 heavy (non-hydrogen) atoms. The van der Waals surface area contributed by atoms with Crippen LogP contribution >= 0.6 is 0 Å². The standard InChI is InChI=1S/C36H55N3O6S/c1-26-14-17-32(18-15-26)46(42,43)37-31-16-19-34-33(21-31)36(41)39(28(3)25-40)22-27(2)35(44-20-10-9-11-29(4)45-34)24-38(5)23-30-12-7-6-8-13-30/h14-19,21,27-30,35,37,40H,6-13,20,22-25H2,1-5H3/t27-,28-,29-,35-/m0/s1. The highest BCUT2D eigenvalue weighted by Gasteiger charge is 2.31. The van der Waals surface area contributed by atoms with Crippen molar-refractivity contribution < 1.29 is 27.8 Å². The van der Waals surface area contributed by atoms with E-state index in [1.807, 2.05) is 20.8 Å². The molecule has 2 aliphatic rings. The van der Waals surface area contributed by atoms with E-state index in [-0.39, 0.29) is 46.8 Å². The van der Waals surface area contributed by atoms with Crippen LogP contribution in [0.15, 0.2) is 47.4 Å². The van der Waals surface area contributed by atoms with E-state index in [0.717, 1.165) is 43.8 Å². The lowest BCUT2D eigenvalue weighted by molar-refractivity contribution is -0.0190. The molecule has 9 nitrogen and oxygen atoms in total. The summed E-state index contributed by atoms with van der Waals surface area (Å²) in [5.41, 5.74) is 1.48. The van der Waals surface area contributed by atoms with Gasteiger partial charge in [0.1, 0.15) is 5.75 Å². The number of sulfonamides is 1. The fourth-order valence-electron chi connectivity index (χ4n) is 6.57. The van der Waals surface area contributed by atoms with Gasteiger partial charge in [-0.15, -0.1) is 0 Å². The Balaban J connectivity index is 1.62. The Kier molecular flexibility index (Phi) is 13.3. The largest absolute Gasteiger partial charge is 0.490 e. The summed E-state index contributed by atoms with van der Waals surface area (Å²) in [6.45, 7) is 10.4. The number of carbonyl (C=O) groups is 1. The molecule has 4 atom stereocenters. The number of anilines is 1. The van der Waals surface area contributed by atoms with Gasteiger partial charge >= 0.3 is 0 Å². The van der Waals surface area contributed by atoms with Crippen molar-refractivity contribution in [1.82, 2.24) is 9.80 Å². The van der Waals surface area contributed by atoms with Crippen LogP contribution in [-0.2, 0) is 14.8 Å². The van der Waals surface area contributed by atoms with Gasteiger partial charge in [0.15, 0.2) is 0 Å². The summed E-state index contributed by atoms with van der Waals surface area (Å²) >= 11 is 0. The van der Waals surface area contributed by atoms with Crippen molar-refractivity contribution in [2.45, 2.75) is 102 Å². The molecule has 1 fully saturated rings. The number of ether oxygens (including phenoxy) is 2. The molecule has 4 rings (SSSR count). The van der Waals surface area contributed by atoms with E-state index < -0.39 is 16.1 Å². The quantitative estimate of drug-likeness (QED) is 0.335. The van der Waals surface area contributed by atoms with Crippen LogP contribution in [0.5, 0.6) is 5.75 Å². The number of benzene rings is 2. The van der Waals surface area contributed by atoms with E-state index >= 15 is 0 Å². The number of aliphatic hydroxyl groups is 1. The van der Waals surface area contributed by atoms with E-state index in [1.54, 1.807) is 47.4 Å². The Bertz CT molecular complexity index is 1360. The maximum atomic E-state index is 14.4. The molecule has 1 heterocycles. The fraction of sp³-hybridized carbons (Fsp3) is 0.639. The van der Waals surface area contributed by atoms with Gasteiger partial charge in [-0.3, -0.25) is 9.52 Å². The third-order valence-corrected chi connectivity index (χ3v) is 10.8. The highest BCUT2D eigenvalue weighted by atomic mass is 32.2. The average molecular weight is 658 g/mol. The summed E-state index contributed by atoms with van der Waals surface area (Å²) in [6, 6.07) is 11.0. The molecule has 1 aliphatic heterocycles. The van der Waals surface area contributed by atoms with Gasteiger partial charge in [0.25, 0.3) is 15.9 Å². The zero-order valence-electron chi connectivity index (χ0n) is 28.4. The van der Waals surface area contributed by atoms with Gasteiger partial charge < -0.3 is 24.4 Å². The third kappa shape index (κ3) is 10.2. The normalized spacial score (nSPS) is 23.3. The van der Waals surface area contributed by atoms with Crippen molar-refractivity contribution in [3.8, 4) is 5.75 Å². The van der Waals surface area contributed by atoms with Gasteiger partial charge in [-0.1, -0.05) is 43.9 Å². The lowest BCUT2D eigenvalue weighted by atomic mass is 9.89. The summed E-state index contributed by atoms with van der Waals surface area (Å²) < 4.78 is 41.9. The van der Waals surface area contributed by atoms with Gasteiger partial charge in [-0.2, -0.15) is 0 Å². The molecule has 0 saturated heterocycles. The van der Waals surface area contributed by atoms with Crippen LogP contribution in [0.1, 0.15) is 88.1 Å². The number of amides is 1. The Morgan fingerprint density at radius 3 is 2.39 bits per heavy atom. The van der Waals surface area contributed by atoms with Gasteiger partial charge in [0, 0.05) is 37.8 Å². The fourth-order valence-corrected chi connectivity index (χ4v) is 7.62. The molecule has 0 spiro atoms. The van der Waals surface area contributed by atoms with Crippen LogP contribution in [0.3, 0.4) is 0 Å². The molecule has 2 aromatic rings. The highest BCUT2D eigenvalue weighted by molar-refractivity contribution is 7.92. The third-order valence-electron chi connectivity index (χ3n) is 9.42. The second-order valence-corrected chi connectivity index (χ2v) is 15.3. The molecular weight excluding hydrogens is 602 g/mol. The van der Waals surface area contributed by atoms with Gasteiger partial charge in [0.05, 0.1) is 35.3 Å². The Morgan fingerprint density at radius 2 is 1.70 bits per heavy atom. The van der Waals surface area contributed by atoms with Crippen LogP contribution in [-0.4, -0.2) is 87.4 Å².